The standard InChI is InChI=1S/C13H14N4O3S2/c1-7(15-12(20)9-3-2-4-21-9)11(19)17-13-16-8(6-22-13)5-10(14)18/h2-4,6-7H,5H2,1H3,(H2,14,18)(H,15,20)(H,16,17,19). The van der Waals surface area contributed by atoms with E-state index in [1.165, 1.54) is 22.7 Å². The van der Waals surface area contributed by atoms with E-state index in [1.54, 1.807) is 29.8 Å². The fourth-order valence-electron chi connectivity index (χ4n) is 1.58. The molecule has 2 aromatic rings. The molecule has 1 unspecified atom stereocenters. The van der Waals surface area contributed by atoms with Gasteiger partial charge in [0.2, 0.25) is 11.8 Å². The van der Waals surface area contributed by atoms with Gasteiger partial charge in [-0.1, -0.05) is 6.07 Å². The monoisotopic (exact) mass is 338 g/mol. The lowest BCUT2D eigenvalue weighted by atomic mass is 10.3. The molecule has 0 spiro atoms. The first kappa shape index (κ1) is 16.1. The smallest absolute Gasteiger partial charge is 0.261 e. The molecule has 0 aliphatic heterocycles. The molecule has 0 aliphatic rings. The van der Waals surface area contributed by atoms with Crippen molar-refractivity contribution >= 4 is 45.5 Å². The van der Waals surface area contributed by atoms with Gasteiger partial charge in [0, 0.05) is 5.38 Å². The molecule has 9 heteroatoms. The number of carbonyl (C=O) groups is 3. The summed E-state index contributed by atoms with van der Waals surface area (Å²) in [6.07, 6.45) is 0.0248. The number of nitrogens with one attached hydrogen (secondary N) is 2. The number of thiophene rings is 1. The average molecular weight is 338 g/mol. The summed E-state index contributed by atoms with van der Waals surface area (Å²) in [6, 6.07) is 2.74. The predicted molar refractivity (Wildman–Crippen MR) is 84.9 cm³/mol. The van der Waals surface area contributed by atoms with Gasteiger partial charge in [-0.15, -0.1) is 22.7 Å². The van der Waals surface area contributed by atoms with Crippen molar-refractivity contribution in [2.75, 3.05) is 5.32 Å². The second kappa shape index (κ2) is 7.14. The molecule has 116 valence electrons. The summed E-state index contributed by atoms with van der Waals surface area (Å²) >= 11 is 2.49. The first-order chi connectivity index (χ1) is 10.5. The summed E-state index contributed by atoms with van der Waals surface area (Å²) < 4.78 is 0. The van der Waals surface area contributed by atoms with Crippen LogP contribution in [0.5, 0.6) is 0 Å². The molecule has 2 heterocycles. The first-order valence-electron chi connectivity index (χ1n) is 6.33. The van der Waals surface area contributed by atoms with E-state index in [0.717, 1.165) is 0 Å². The van der Waals surface area contributed by atoms with E-state index in [-0.39, 0.29) is 18.2 Å². The van der Waals surface area contributed by atoms with Crippen LogP contribution >= 0.6 is 22.7 Å². The number of nitrogens with zero attached hydrogens (tertiary/aromatic N) is 1. The number of hydrogen-bond acceptors (Lipinski definition) is 6. The van der Waals surface area contributed by atoms with Crippen molar-refractivity contribution in [3.05, 3.63) is 33.5 Å². The molecule has 0 fully saturated rings. The first-order valence-corrected chi connectivity index (χ1v) is 8.09. The summed E-state index contributed by atoms with van der Waals surface area (Å²) in [6.45, 7) is 1.58. The molecule has 3 amide bonds. The van der Waals surface area contributed by atoms with Crippen molar-refractivity contribution in [3.63, 3.8) is 0 Å². The molecule has 7 nitrogen and oxygen atoms in total. The Hall–Kier alpha value is -2.26. The van der Waals surface area contributed by atoms with Gasteiger partial charge < -0.3 is 16.4 Å². The maximum Gasteiger partial charge on any atom is 0.261 e. The lowest BCUT2D eigenvalue weighted by Crippen LogP contribution is -2.41. The van der Waals surface area contributed by atoms with Gasteiger partial charge in [0.25, 0.3) is 5.91 Å². The number of primary amides is 1. The molecule has 0 aliphatic carbocycles. The van der Waals surface area contributed by atoms with Crippen molar-refractivity contribution in [3.8, 4) is 0 Å². The van der Waals surface area contributed by atoms with Gasteiger partial charge in [-0.25, -0.2) is 4.98 Å². The van der Waals surface area contributed by atoms with E-state index in [9.17, 15) is 14.4 Å². The Kier molecular flexibility index (Phi) is 5.23. The molecule has 4 N–H and O–H groups in total. The Balaban J connectivity index is 1.89. The Morgan fingerprint density at radius 1 is 1.36 bits per heavy atom. The molecular formula is C13H14N4O3S2. The minimum absolute atomic E-state index is 0.0248. The van der Waals surface area contributed by atoms with Crippen LogP contribution in [0, 0.1) is 0 Å². The molecule has 0 saturated carbocycles. The highest BCUT2D eigenvalue weighted by atomic mass is 32.1. The second-order valence-electron chi connectivity index (χ2n) is 4.45. The van der Waals surface area contributed by atoms with Gasteiger partial charge in [-0.2, -0.15) is 0 Å². The van der Waals surface area contributed by atoms with Crippen LogP contribution in [0.25, 0.3) is 0 Å². The molecule has 1 atom stereocenters. The van der Waals surface area contributed by atoms with Crippen LogP contribution in [-0.4, -0.2) is 28.7 Å². The van der Waals surface area contributed by atoms with Crippen LogP contribution in [0.1, 0.15) is 22.3 Å². The van der Waals surface area contributed by atoms with Crippen LogP contribution < -0.4 is 16.4 Å². The maximum absolute atomic E-state index is 12.0. The minimum atomic E-state index is -0.710. The lowest BCUT2D eigenvalue weighted by Gasteiger charge is -2.12. The van der Waals surface area contributed by atoms with Crippen molar-refractivity contribution in [2.45, 2.75) is 19.4 Å². The SMILES string of the molecule is CC(NC(=O)c1cccs1)C(=O)Nc1nc(CC(N)=O)cs1. The summed E-state index contributed by atoms with van der Waals surface area (Å²) in [5.41, 5.74) is 5.58. The molecule has 2 aromatic heterocycles. The molecule has 2 rings (SSSR count). The second-order valence-corrected chi connectivity index (χ2v) is 6.25. The molecule has 22 heavy (non-hydrogen) atoms. The Bertz CT molecular complexity index is 681. The number of amides is 3. The van der Waals surface area contributed by atoms with Crippen LogP contribution in [0.2, 0.25) is 0 Å². The topological polar surface area (TPSA) is 114 Å². The van der Waals surface area contributed by atoms with Crippen LogP contribution in [0.3, 0.4) is 0 Å². The summed E-state index contributed by atoms with van der Waals surface area (Å²) in [5.74, 6) is -1.17. The molecule has 0 aromatic carbocycles. The summed E-state index contributed by atoms with van der Waals surface area (Å²) in [4.78, 5) is 39.3. The Morgan fingerprint density at radius 3 is 2.77 bits per heavy atom. The van der Waals surface area contributed by atoms with E-state index in [4.69, 9.17) is 5.73 Å². The highest BCUT2D eigenvalue weighted by Gasteiger charge is 2.18. The minimum Gasteiger partial charge on any atom is -0.369 e. The van der Waals surface area contributed by atoms with Crippen molar-refractivity contribution < 1.29 is 14.4 Å². The zero-order valence-corrected chi connectivity index (χ0v) is 13.3. The number of rotatable bonds is 6. The van der Waals surface area contributed by atoms with Gasteiger partial charge in [0.15, 0.2) is 5.13 Å². The third-order valence-electron chi connectivity index (χ3n) is 2.62. The van der Waals surface area contributed by atoms with Gasteiger partial charge in [0.1, 0.15) is 6.04 Å². The van der Waals surface area contributed by atoms with E-state index >= 15 is 0 Å². The van der Waals surface area contributed by atoms with E-state index in [0.29, 0.717) is 15.7 Å². The van der Waals surface area contributed by atoms with Gasteiger partial charge in [-0.3, -0.25) is 14.4 Å². The number of carbonyl (C=O) groups excluding carboxylic acids is 3. The molecule has 0 radical (unpaired) electrons. The molecule has 0 bridgehead atoms. The normalized spacial score (nSPS) is 11.7. The van der Waals surface area contributed by atoms with Crippen LogP contribution in [0.4, 0.5) is 5.13 Å². The number of hydrogen-bond donors (Lipinski definition) is 3. The van der Waals surface area contributed by atoms with Gasteiger partial charge >= 0.3 is 0 Å². The lowest BCUT2D eigenvalue weighted by molar-refractivity contribution is -0.118. The molecule has 0 saturated heterocycles. The summed E-state index contributed by atoms with van der Waals surface area (Å²) in [7, 11) is 0. The highest BCUT2D eigenvalue weighted by Crippen LogP contribution is 2.16. The van der Waals surface area contributed by atoms with E-state index in [2.05, 4.69) is 15.6 Å². The van der Waals surface area contributed by atoms with Crippen LogP contribution in [0.15, 0.2) is 22.9 Å². The number of thiazole rings is 1. The maximum atomic E-state index is 12.0. The fourth-order valence-corrected chi connectivity index (χ4v) is 2.92. The highest BCUT2D eigenvalue weighted by molar-refractivity contribution is 7.14. The van der Waals surface area contributed by atoms with E-state index < -0.39 is 11.9 Å². The number of anilines is 1. The van der Waals surface area contributed by atoms with Crippen molar-refractivity contribution in [2.24, 2.45) is 5.73 Å². The predicted octanol–water partition coefficient (Wildman–Crippen LogP) is 0.989. The van der Waals surface area contributed by atoms with Crippen molar-refractivity contribution in [1.29, 1.82) is 0 Å². The average Bonchev–Trinajstić information content (AvgIpc) is 3.09. The Labute approximate surface area is 134 Å². The van der Waals surface area contributed by atoms with Gasteiger partial charge in [0.05, 0.1) is 17.0 Å². The quantitative estimate of drug-likeness (QED) is 0.728. The zero-order chi connectivity index (χ0) is 16.1. The molecular weight excluding hydrogens is 324 g/mol. The zero-order valence-electron chi connectivity index (χ0n) is 11.7. The third kappa shape index (κ3) is 4.37. The number of aromatic nitrogens is 1. The largest absolute Gasteiger partial charge is 0.369 e. The summed E-state index contributed by atoms with van der Waals surface area (Å²) in [5, 5.41) is 8.99. The third-order valence-corrected chi connectivity index (χ3v) is 4.30. The Morgan fingerprint density at radius 2 is 2.14 bits per heavy atom. The van der Waals surface area contributed by atoms with Gasteiger partial charge in [-0.05, 0) is 18.4 Å². The number of nitrogens with two attached hydrogens (primary N) is 1. The van der Waals surface area contributed by atoms with Crippen molar-refractivity contribution in [1.82, 2.24) is 10.3 Å². The van der Waals surface area contributed by atoms with E-state index in [1.807, 2.05) is 0 Å². The fraction of sp³-hybridized carbons (Fsp3) is 0.231. The van der Waals surface area contributed by atoms with Crippen LogP contribution in [-0.2, 0) is 16.0 Å².